The van der Waals surface area contributed by atoms with Crippen LogP contribution in [0.15, 0.2) is 18.2 Å². The molecule has 0 unspecified atom stereocenters. The van der Waals surface area contributed by atoms with Crippen LogP contribution in [0.4, 0.5) is 5.82 Å². The number of aryl methyl sites for hydroxylation is 2. The lowest BCUT2D eigenvalue weighted by Gasteiger charge is -2.21. The van der Waals surface area contributed by atoms with E-state index in [0.29, 0.717) is 6.42 Å². The SMILES string of the molecule is Cc1c(Cl)ccc2cc(CCC#N)c(N3CCCC3)nc12. The molecule has 1 aromatic heterocycles. The van der Waals surface area contributed by atoms with Gasteiger partial charge in [0.05, 0.1) is 11.6 Å². The zero-order chi connectivity index (χ0) is 14.8. The van der Waals surface area contributed by atoms with E-state index >= 15 is 0 Å². The summed E-state index contributed by atoms with van der Waals surface area (Å²) in [5.74, 6) is 1.04. The third-order valence-electron chi connectivity index (χ3n) is 4.14. The fourth-order valence-corrected chi connectivity index (χ4v) is 3.12. The molecular formula is C17H18ClN3. The Hall–Kier alpha value is -1.79. The van der Waals surface area contributed by atoms with Crippen LogP contribution in [0.5, 0.6) is 0 Å². The van der Waals surface area contributed by atoms with Crippen molar-refractivity contribution in [2.45, 2.75) is 32.6 Å². The number of nitriles is 1. The molecule has 1 saturated heterocycles. The fraction of sp³-hybridized carbons (Fsp3) is 0.412. The third-order valence-corrected chi connectivity index (χ3v) is 4.55. The first-order valence-electron chi connectivity index (χ1n) is 7.41. The maximum absolute atomic E-state index is 8.88. The summed E-state index contributed by atoms with van der Waals surface area (Å²) in [6.45, 7) is 4.12. The van der Waals surface area contributed by atoms with Crippen LogP contribution >= 0.6 is 11.6 Å². The van der Waals surface area contributed by atoms with Gasteiger partial charge in [-0.15, -0.1) is 0 Å². The van der Waals surface area contributed by atoms with E-state index in [4.69, 9.17) is 21.8 Å². The number of benzene rings is 1. The molecule has 2 aromatic rings. The van der Waals surface area contributed by atoms with Crippen molar-refractivity contribution in [1.29, 1.82) is 5.26 Å². The summed E-state index contributed by atoms with van der Waals surface area (Å²) in [4.78, 5) is 7.24. The molecule has 1 aromatic carbocycles. The lowest BCUT2D eigenvalue weighted by Crippen LogP contribution is -2.21. The van der Waals surface area contributed by atoms with Gasteiger partial charge < -0.3 is 4.90 Å². The molecule has 1 aliphatic heterocycles. The summed E-state index contributed by atoms with van der Waals surface area (Å²) in [5, 5.41) is 10.7. The summed E-state index contributed by atoms with van der Waals surface area (Å²) in [6.07, 6.45) is 3.71. The molecule has 0 saturated carbocycles. The minimum Gasteiger partial charge on any atom is -0.356 e. The van der Waals surface area contributed by atoms with Crippen LogP contribution in [0, 0.1) is 18.3 Å². The fourth-order valence-electron chi connectivity index (χ4n) is 2.97. The Morgan fingerprint density at radius 3 is 2.81 bits per heavy atom. The Bertz CT molecular complexity index is 712. The van der Waals surface area contributed by atoms with Crippen molar-refractivity contribution in [3.63, 3.8) is 0 Å². The number of aromatic nitrogens is 1. The number of fused-ring (bicyclic) bond motifs is 1. The lowest BCUT2D eigenvalue weighted by atomic mass is 10.0. The topological polar surface area (TPSA) is 39.9 Å². The van der Waals surface area contributed by atoms with Crippen molar-refractivity contribution in [1.82, 2.24) is 4.98 Å². The van der Waals surface area contributed by atoms with Gasteiger partial charge in [0.1, 0.15) is 5.82 Å². The molecule has 0 amide bonds. The van der Waals surface area contributed by atoms with E-state index in [9.17, 15) is 0 Å². The van der Waals surface area contributed by atoms with E-state index in [1.165, 1.54) is 18.4 Å². The lowest BCUT2D eigenvalue weighted by molar-refractivity contribution is 0.906. The van der Waals surface area contributed by atoms with Crippen molar-refractivity contribution < 1.29 is 0 Å². The van der Waals surface area contributed by atoms with E-state index < -0.39 is 0 Å². The molecule has 21 heavy (non-hydrogen) atoms. The van der Waals surface area contributed by atoms with E-state index in [-0.39, 0.29) is 0 Å². The minimum atomic E-state index is 0.528. The Morgan fingerprint density at radius 2 is 2.10 bits per heavy atom. The Balaban J connectivity index is 2.15. The summed E-state index contributed by atoms with van der Waals surface area (Å²) in [7, 11) is 0. The Kier molecular flexibility index (Phi) is 3.98. The van der Waals surface area contributed by atoms with Gasteiger partial charge in [-0.05, 0) is 49.4 Å². The number of nitrogens with zero attached hydrogens (tertiary/aromatic N) is 3. The average Bonchev–Trinajstić information content (AvgIpc) is 3.02. The van der Waals surface area contributed by atoms with E-state index in [1.54, 1.807) is 0 Å². The average molecular weight is 300 g/mol. The molecule has 1 fully saturated rings. The van der Waals surface area contributed by atoms with Gasteiger partial charge in [-0.1, -0.05) is 17.7 Å². The molecule has 1 aliphatic rings. The van der Waals surface area contributed by atoms with Crippen molar-refractivity contribution in [3.05, 3.63) is 34.3 Å². The monoisotopic (exact) mass is 299 g/mol. The van der Waals surface area contributed by atoms with Gasteiger partial charge in [0.2, 0.25) is 0 Å². The maximum atomic E-state index is 8.88. The highest BCUT2D eigenvalue weighted by atomic mass is 35.5. The number of hydrogen-bond acceptors (Lipinski definition) is 3. The molecule has 0 bridgehead atoms. The van der Waals surface area contributed by atoms with Crippen molar-refractivity contribution >= 4 is 28.3 Å². The number of rotatable bonds is 3. The van der Waals surface area contributed by atoms with Gasteiger partial charge >= 0.3 is 0 Å². The number of halogens is 1. The summed E-state index contributed by atoms with van der Waals surface area (Å²) < 4.78 is 0. The van der Waals surface area contributed by atoms with Gasteiger partial charge in [0.15, 0.2) is 0 Å². The van der Waals surface area contributed by atoms with Crippen LogP contribution in [0.25, 0.3) is 10.9 Å². The Morgan fingerprint density at radius 1 is 1.33 bits per heavy atom. The van der Waals surface area contributed by atoms with E-state index in [1.807, 2.05) is 19.1 Å². The molecule has 4 heteroatoms. The zero-order valence-corrected chi connectivity index (χ0v) is 13.0. The summed E-state index contributed by atoms with van der Waals surface area (Å²) in [5.41, 5.74) is 3.18. The number of hydrogen-bond donors (Lipinski definition) is 0. The number of pyridine rings is 1. The number of anilines is 1. The van der Waals surface area contributed by atoms with Gasteiger partial charge in [-0.25, -0.2) is 4.98 Å². The highest BCUT2D eigenvalue weighted by Crippen LogP contribution is 2.31. The molecular weight excluding hydrogens is 282 g/mol. The van der Waals surface area contributed by atoms with E-state index in [0.717, 1.165) is 46.8 Å². The highest BCUT2D eigenvalue weighted by Gasteiger charge is 2.18. The van der Waals surface area contributed by atoms with Crippen molar-refractivity contribution in [2.75, 3.05) is 18.0 Å². The molecule has 3 rings (SSSR count). The second kappa shape index (κ2) is 5.91. The molecule has 108 valence electrons. The summed E-state index contributed by atoms with van der Waals surface area (Å²) in [6, 6.07) is 8.35. The quantitative estimate of drug-likeness (QED) is 0.850. The van der Waals surface area contributed by atoms with Gasteiger partial charge in [0.25, 0.3) is 0 Å². The summed E-state index contributed by atoms with van der Waals surface area (Å²) >= 11 is 6.23. The molecule has 0 atom stereocenters. The highest BCUT2D eigenvalue weighted by molar-refractivity contribution is 6.32. The third kappa shape index (κ3) is 2.69. The second-order valence-electron chi connectivity index (χ2n) is 5.57. The molecule has 0 N–H and O–H groups in total. The molecule has 0 spiro atoms. The predicted octanol–water partition coefficient (Wildman–Crippen LogP) is 4.25. The molecule has 0 radical (unpaired) electrons. The van der Waals surface area contributed by atoms with Crippen LogP contribution in [-0.2, 0) is 6.42 Å². The maximum Gasteiger partial charge on any atom is 0.132 e. The predicted molar refractivity (Wildman–Crippen MR) is 86.9 cm³/mol. The second-order valence-corrected chi connectivity index (χ2v) is 5.97. The van der Waals surface area contributed by atoms with Crippen LogP contribution in [0.3, 0.4) is 0 Å². The van der Waals surface area contributed by atoms with Crippen LogP contribution < -0.4 is 4.90 Å². The minimum absolute atomic E-state index is 0.528. The molecule has 3 nitrogen and oxygen atoms in total. The molecule has 2 heterocycles. The van der Waals surface area contributed by atoms with Crippen LogP contribution in [0.1, 0.15) is 30.4 Å². The first-order chi connectivity index (χ1) is 10.2. The standard InChI is InChI=1S/C17H18ClN3/c1-12-15(18)7-6-13-11-14(5-4-8-19)17(20-16(12)13)21-9-2-3-10-21/h6-7,11H,2-5,9-10H2,1H3. The zero-order valence-electron chi connectivity index (χ0n) is 12.2. The first kappa shape index (κ1) is 14.2. The van der Waals surface area contributed by atoms with Crippen molar-refractivity contribution in [3.8, 4) is 6.07 Å². The normalized spacial score (nSPS) is 14.6. The van der Waals surface area contributed by atoms with Gasteiger partial charge in [0, 0.05) is 29.9 Å². The van der Waals surface area contributed by atoms with Gasteiger partial charge in [-0.3, -0.25) is 0 Å². The smallest absolute Gasteiger partial charge is 0.132 e. The largest absolute Gasteiger partial charge is 0.356 e. The van der Waals surface area contributed by atoms with Crippen LogP contribution in [-0.4, -0.2) is 18.1 Å². The Labute approximate surface area is 130 Å². The van der Waals surface area contributed by atoms with Crippen LogP contribution in [0.2, 0.25) is 5.02 Å². The van der Waals surface area contributed by atoms with Crippen molar-refractivity contribution in [2.24, 2.45) is 0 Å². The first-order valence-corrected chi connectivity index (χ1v) is 7.79. The molecule has 0 aliphatic carbocycles. The van der Waals surface area contributed by atoms with E-state index in [2.05, 4.69) is 17.0 Å². The van der Waals surface area contributed by atoms with Gasteiger partial charge in [-0.2, -0.15) is 5.26 Å².